The quantitative estimate of drug-likeness (QED) is 0.841. The number of aliphatic hydroxyl groups excluding tert-OH is 1. The van der Waals surface area contributed by atoms with Crippen LogP contribution in [0.25, 0.3) is 0 Å². The summed E-state index contributed by atoms with van der Waals surface area (Å²) in [4.78, 5) is 25.5. The molecular formula is C16H21NO6. The predicted octanol–water partition coefficient (Wildman–Crippen LogP) is 1.29. The number of carbonyl (C=O) groups excluding carboxylic acids is 2. The van der Waals surface area contributed by atoms with E-state index in [1.54, 1.807) is 0 Å². The molecule has 1 unspecified atom stereocenters. The molecule has 2 rings (SSSR count). The van der Waals surface area contributed by atoms with Crippen LogP contribution in [-0.4, -0.2) is 54.7 Å². The minimum Gasteiger partial charge on any atom is -0.467 e. The molecule has 1 aromatic rings. The molecule has 0 radical (unpaired) electrons. The fourth-order valence-electron chi connectivity index (χ4n) is 2.64. The normalized spacial score (nSPS) is 24.1. The number of amides is 1. The second kappa shape index (κ2) is 7.94. The van der Waals surface area contributed by atoms with Gasteiger partial charge in [0.25, 0.3) is 0 Å². The molecule has 1 aliphatic heterocycles. The average molecular weight is 323 g/mol. The molecule has 1 fully saturated rings. The van der Waals surface area contributed by atoms with Crippen LogP contribution in [0.3, 0.4) is 0 Å². The third kappa shape index (κ3) is 4.00. The van der Waals surface area contributed by atoms with Crippen LogP contribution in [0.2, 0.25) is 0 Å². The smallest absolute Gasteiger partial charge is 0.413 e. The van der Waals surface area contributed by atoms with E-state index in [0.717, 1.165) is 10.5 Å². The van der Waals surface area contributed by atoms with Crippen molar-refractivity contribution >= 4 is 12.1 Å². The standard InChI is InChI=1S/C16H21NO6/c1-21-14-13(18)9-8-12(15(19)22-2)17(14)16(20)23-10-11-6-4-3-5-7-11/h3-7,12-14,18H,8-10H2,1-2H3/t12-,13+,14?/m0/s1. The van der Waals surface area contributed by atoms with E-state index < -0.39 is 30.4 Å². The summed E-state index contributed by atoms with van der Waals surface area (Å²) in [7, 11) is 2.62. The predicted molar refractivity (Wildman–Crippen MR) is 80.3 cm³/mol. The molecule has 0 saturated carbocycles. The second-order valence-corrected chi connectivity index (χ2v) is 5.26. The van der Waals surface area contributed by atoms with Crippen LogP contribution in [-0.2, 0) is 25.6 Å². The Balaban J connectivity index is 2.12. The van der Waals surface area contributed by atoms with Gasteiger partial charge in [0.1, 0.15) is 12.6 Å². The first-order valence-electron chi connectivity index (χ1n) is 7.36. The summed E-state index contributed by atoms with van der Waals surface area (Å²) in [5.41, 5.74) is 0.821. The van der Waals surface area contributed by atoms with Crippen molar-refractivity contribution in [3.8, 4) is 0 Å². The topological polar surface area (TPSA) is 85.3 Å². The molecule has 0 aromatic heterocycles. The molecule has 7 nitrogen and oxygen atoms in total. The number of nitrogens with zero attached hydrogens (tertiary/aromatic N) is 1. The van der Waals surface area contributed by atoms with Crippen molar-refractivity contribution in [1.29, 1.82) is 0 Å². The lowest BCUT2D eigenvalue weighted by atomic mass is 9.99. The highest BCUT2D eigenvalue weighted by Crippen LogP contribution is 2.26. The number of carbonyl (C=O) groups is 2. The third-order valence-corrected chi connectivity index (χ3v) is 3.81. The van der Waals surface area contributed by atoms with Gasteiger partial charge in [-0.15, -0.1) is 0 Å². The summed E-state index contributed by atoms with van der Waals surface area (Å²) in [6, 6.07) is 8.34. The summed E-state index contributed by atoms with van der Waals surface area (Å²) >= 11 is 0. The zero-order chi connectivity index (χ0) is 16.8. The maximum absolute atomic E-state index is 12.4. The van der Waals surface area contributed by atoms with E-state index in [-0.39, 0.29) is 13.0 Å². The van der Waals surface area contributed by atoms with E-state index in [1.165, 1.54) is 14.2 Å². The van der Waals surface area contributed by atoms with Crippen LogP contribution < -0.4 is 0 Å². The van der Waals surface area contributed by atoms with Gasteiger partial charge in [0.15, 0.2) is 6.23 Å². The molecule has 1 aliphatic rings. The summed E-state index contributed by atoms with van der Waals surface area (Å²) in [5, 5.41) is 10.0. The van der Waals surface area contributed by atoms with Crippen molar-refractivity contribution in [2.75, 3.05) is 14.2 Å². The van der Waals surface area contributed by atoms with E-state index >= 15 is 0 Å². The van der Waals surface area contributed by atoms with Crippen molar-refractivity contribution in [3.63, 3.8) is 0 Å². The Morgan fingerprint density at radius 2 is 1.91 bits per heavy atom. The number of piperidine rings is 1. The molecule has 23 heavy (non-hydrogen) atoms. The molecule has 1 heterocycles. The van der Waals surface area contributed by atoms with E-state index in [0.29, 0.717) is 6.42 Å². The van der Waals surface area contributed by atoms with Crippen LogP contribution >= 0.6 is 0 Å². The van der Waals surface area contributed by atoms with Crippen molar-refractivity contribution in [1.82, 2.24) is 4.90 Å². The molecule has 1 N–H and O–H groups in total. The van der Waals surface area contributed by atoms with Crippen LogP contribution in [0.5, 0.6) is 0 Å². The number of hydrogen-bond acceptors (Lipinski definition) is 6. The molecular weight excluding hydrogens is 302 g/mol. The van der Waals surface area contributed by atoms with E-state index in [1.807, 2.05) is 30.3 Å². The molecule has 0 spiro atoms. The first-order chi connectivity index (χ1) is 11.1. The largest absolute Gasteiger partial charge is 0.467 e. The van der Waals surface area contributed by atoms with Gasteiger partial charge in [-0.1, -0.05) is 30.3 Å². The van der Waals surface area contributed by atoms with Crippen molar-refractivity contribution in [3.05, 3.63) is 35.9 Å². The molecule has 3 atom stereocenters. The monoisotopic (exact) mass is 323 g/mol. The average Bonchev–Trinajstić information content (AvgIpc) is 2.59. The van der Waals surface area contributed by atoms with Crippen molar-refractivity contribution in [2.24, 2.45) is 0 Å². The minimum absolute atomic E-state index is 0.0661. The Hall–Kier alpha value is -2.12. The van der Waals surface area contributed by atoms with E-state index in [2.05, 4.69) is 0 Å². The number of benzene rings is 1. The van der Waals surface area contributed by atoms with Gasteiger partial charge in [0.05, 0.1) is 13.2 Å². The Kier molecular flexibility index (Phi) is 5.95. The molecule has 0 bridgehead atoms. The highest BCUT2D eigenvalue weighted by molar-refractivity contribution is 5.81. The maximum atomic E-state index is 12.4. The van der Waals surface area contributed by atoms with Crippen molar-refractivity contribution < 1.29 is 28.9 Å². The van der Waals surface area contributed by atoms with Crippen LogP contribution in [0.1, 0.15) is 18.4 Å². The summed E-state index contributed by atoms with van der Waals surface area (Å²) in [6.45, 7) is 0.0661. The highest BCUT2D eigenvalue weighted by Gasteiger charge is 2.44. The summed E-state index contributed by atoms with van der Waals surface area (Å²) in [5.74, 6) is -0.560. The van der Waals surface area contributed by atoms with E-state index in [4.69, 9.17) is 14.2 Å². The Labute approximate surface area is 134 Å². The number of esters is 1. The van der Waals surface area contributed by atoms with Gasteiger partial charge in [0.2, 0.25) is 0 Å². The summed E-state index contributed by atoms with van der Waals surface area (Å²) in [6.07, 6.45) is -1.94. The first-order valence-corrected chi connectivity index (χ1v) is 7.36. The molecule has 7 heteroatoms. The number of ether oxygens (including phenoxy) is 3. The summed E-state index contributed by atoms with van der Waals surface area (Å²) < 4.78 is 15.2. The van der Waals surface area contributed by atoms with Crippen molar-refractivity contribution in [2.45, 2.75) is 37.8 Å². The third-order valence-electron chi connectivity index (χ3n) is 3.81. The molecule has 1 saturated heterocycles. The van der Waals surface area contributed by atoms with E-state index in [9.17, 15) is 14.7 Å². The van der Waals surface area contributed by atoms with Gasteiger partial charge in [0, 0.05) is 7.11 Å². The van der Waals surface area contributed by atoms with Gasteiger partial charge >= 0.3 is 12.1 Å². The van der Waals surface area contributed by atoms with Gasteiger partial charge < -0.3 is 19.3 Å². The fraction of sp³-hybridized carbons (Fsp3) is 0.500. The zero-order valence-corrected chi connectivity index (χ0v) is 13.2. The Morgan fingerprint density at radius 1 is 1.22 bits per heavy atom. The highest BCUT2D eigenvalue weighted by atomic mass is 16.6. The molecule has 126 valence electrons. The lowest BCUT2D eigenvalue weighted by Crippen LogP contribution is -2.59. The van der Waals surface area contributed by atoms with Gasteiger partial charge in [-0.3, -0.25) is 4.90 Å². The molecule has 0 aliphatic carbocycles. The number of hydrogen-bond donors (Lipinski definition) is 1. The number of methoxy groups -OCH3 is 2. The Bertz CT molecular complexity index is 535. The van der Waals surface area contributed by atoms with Crippen LogP contribution in [0, 0.1) is 0 Å². The molecule has 1 amide bonds. The number of rotatable bonds is 4. The lowest BCUT2D eigenvalue weighted by Gasteiger charge is -2.41. The minimum atomic E-state index is -0.948. The van der Waals surface area contributed by atoms with Crippen LogP contribution in [0.15, 0.2) is 30.3 Å². The van der Waals surface area contributed by atoms with Gasteiger partial charge in [-0.05, 0) is 18.4 Å². The van der Waals surface area contributed by atoms with Gasteiger partial charge in [-0.25, -0.2) is 9.59 Å². The zero-order valence-electron chi connectivity index (χ0n) is 13.2. The fourth-order valence-corrected chi connectivity index (χ4v) is 2.64. The number of aliphatic hydroxyl groups is 1. The lowest BCUT2D eigenvalue weighted by molar-refractivity contribution is -0.168. The molecule has 1 aromatic carbocycles. The second-order valence-electron chi connectivity index (χ2n) is 5.26. The maximum Gasteiger partial charge on any atom is 0.413 e. The first kappa shape index (κ1) is 17.2. The van der Waals surface area contributed by atoms with Crippen LogP contribution in [0.4, 0.5) is 4.79 Å². The number of likely N-dealkylation sites (tertiary alicyclic amines) is 1. The van der Waals surface area contributed by atoms with Gasteiger partial charge in [-0.2, -0.15) is 0 Å². The SMILES string of the molecule is COC(=O)[C@@H]1CC[C@@H](O)C(OC)N1C(=O)OCc1ccccc1. The Morgan fingerprint density at radius 3 is 2.52 bits per heavy atom.